The number of hydrogen-bond donors (Lipinski definition) is 1. The van der Waals surface area contributed by atoms with Crippen LogP contribution in [0, 0.1) is 6.92 Å². The van der Waals surface area contributed by atoms with Gasteiger partial charge < -0.3 is 19.6 Å². The number of amides is 1. The molecule has 0 atom stereocenters. The van der Waals surface area contributed by atoms with Crippen LogP contribution in [-0.4, -0.2) is 57.2 Å². The average Bonchev–Trinajstić information content (AvgIpc) is 2.87. The summed E-state index contributed by atoms with van der Waals surface area (Å²) in [6, 6.07) is 16.9. The number of aryl methyl sites for hydroxylation is 1. The van der Waals surface area contributed by atoms with Crippen molar-refractivity contribution in [1.29, 1.82) is 0 Å². The Hall–Kier alpha value is -4.20. The van der Waals surface area contributed by atoms with Crippen molar-refractivity contribution in [2.24, 2.45) is 0 Å². The van der Waals surface area contributed by atoms with Gasteiger partial charge in [0.05, 0.1) is 11.1 Å². The fourth-order valence-corrected chi connectivity index (χ4v) is 4.07. The number of benzene rings is 2. The van der Waals surface area contributed by atoms with Gasteiger partial charge in [-0.25, -0.2) is 14.8 Å². The van der Waals surface area contributed by atoms with Gasteiger partial charge >= 0.3 is 6.09 Å². The Balaban J connectivity index is 0.00000289. The molecular weight excluding hydrogens is 430 g/mol. The second-order valence-corrected chi connectivity index (χ2v) is 8.30. The molecule has 1 aliphatic heterocycles. The lowest BCUT2D eigenvalue weighted by Gasteiger charge is -2.35. The highest BCUT2D eigenvalue weighted by atomic mass is 16.6. The molecule has 8 nitrogen and oxygen atoms in total. The number of pyridine rings is 1. The van der Waals surface area contributed by atoms with Crippen molar-refractivity contribution in [2.45, 2.75) is 13.5 Å². The predicted octanol–water partition coefficient (Wildman–Crippen LogP) is 4.41. The number of aromatic nitrogens is 3. The highest BCUT2D eigenvalue weighted by Crippen LogP contribution is 2.32. The lowest BCUT2D eigenvalue weighted by atomic mass is 10.1. The number of anilines is 1. The number of fused-ring (bicyclic) bond motifs is 1. The quantitative estimate of drug-likeness (QED) is 0.485. The van der Waals surface area contributed by atoms with Crippen LogP contribution in [0.5, 0.6) is 5.75 Å². The highest BCUT2D eigenvalue weighted by molar-refractivity contribution is 5.92. The molecule has 0 bridgehead atoms. The molecule has 8 heteroatoms. The Morgan fingerprint density at radius 2 is 1.88 bits per heavy atom. The molecule has 1 aliphatic rings. The molecule has 2 aromatic heterocycles. The van der Waals surface area contributed by atoms with Gasteiger partial charge in [-0.3, -0.25) is 4.98 Å². The molecule has 1 N–H and O–H groups in total. The minimum Gasteiger partial charge on any atom is -0.507 e. The zero-order chi connectivity index (χ0) is 23.5. The van der Waals surface area contributed by atoms with E-state index in [1.807, 2.05) is 49.4 Å². The van der Waals surface area contributed by atoms with E-state index in [9.17, 15) is 9.90 Å². The summed E-state index contributed by atoms with van der Waals surface area (Å²) in [4.78, 5) is 30.0. The third kappa shape index (κ3) is 4.47. The first kappa shape index (κ1) is 21.6. The van der Waals surface area contributed by atoms with Crippen molar-refractivity contribution >= 4 is 22.8 Å². The molecule has 2 aromatic carbocycles. The van der Waals surface area contributed by atoms with E-state index in [1.165, 1.54) is 0 Å². The second-order valence-electron chi connectivity index (χ2n) is 8.30. The summed E-state index contributed by atoms with van der Waals surface area (Å²) in [6.45, 7) is 4.50. The van der Waals surface area contributed by atoms with Gasteiger partial charge in [0.25, 0.3) is 0 Å². The zero-order valence-corrected chi connectivity index (χ0v) is 18.9. The first-order valence-electron chi connectivity index (χ1n) is 11.2. The number of hydrogen-bond acceptors (Lipinski definition) is 7. The molecule has 0 saturated carbocycles. The van der Waals surface area contributed by atoms with Crippen LogP contribution >= 0.6 is 0 Å². The number of nitrogens with zero attached hydrogens (tertiary/aromatic N) is 5. The van der Waals surface area contributed by atoms with Crippen LogP contribution < -0.4 is 4.90 Å². The summed E-state index contributed by atoms with van der Waals surface area (Å²) in [6.07, 6.45) is 3.05. The fourth-order valence-electron chi connectivity index (χ4n) is 4.07. The van der Waals surface area contributed by atoms with Crippen molar-refractivity contribution in [1.82, 2.24) is 19.9 Å². The maximum atomic E-state index is 12.6. The average molecular weight is 458 g/mol. The Morgan fingerprint density at radius 1 is 1.06 bits per heavy atom. The van der Waals surface area contributed by atoms with Crippen LogP contribution in [0.3, 0.4) is 0 Å². The molecule has 5 rings (SSSR count). The van der Waals surface area contributed by atoms with E-state index in [0.717, 1.165) is 27.8 Å². The van der Waals surface area contributed by atoms with E-state index >= 15 is 0 Å². The van der Waals surface area contributed by atoms with Gasteiger partial charge in [-0.15, -0.1) is 0 Å². The number of carbonyl (C=O) groups is 1. The Kier molecular flexibility index (Phi) is 5.95. The Morgan fingerprint density at radius 3 is 2.65 bits per heavy atom. The van der Waals surface area contributed by atoms with E-state index in [0.29, 0.717) is 37.6 Å². The molecular formula is C26H27N5O3. The molecule has 4 aromatic rings. The molecule has 0 unspecified atom stereocenters. The van der Waals surface area contributed by atoms with Gasteiger partial charge in [0.15, 0.2) is 5.82 Å². The van der Waals surface area contributed by atoms with Gasteiger partial charge in [-0.2, -0.15) is 0 Å². The SMILES string of the molecule is Cc1ccc2c(N3CCN(C(=O)OCc4cccnc4)CC3)nc(-c3ccccc3O)nc2c1.[HH]. The molecule has 1 fully saturated rings. The standard InChI is InChI=1S/C26H25N5O3.H2/c1-18-8-9-20-22(15-18)28-24(21-6-2-3-7-23(21)32)29-25(20)30-11-13-31(14-12-30)26(33)34-17-19-5-4-10-27-16-19;/h2-10,15-16,32H,11-14,17H2,1H3;1H. The van der Waals surface area contributed by atoms with Gasteiger partial charge in [0.1, 0.15) is 18.2 Å². The van der Waals surface area contributed by atoms with E-state index < -0.39 is 0 Å². The maximum Gasteiger partial charge on any atom is 0.410 e. The smallest absolute Gasteiger partial charge is 0.410 e. The summed E-state index contributed by atoms with van der Waals surface area (Å²) in [5.74, 6) is 1.41. The van der Waals surface area contributed by atoms with Gasteiger partial charge in [0, 0.05) is 50.9 Å². The molecule has 34 heavy (non-hydrogen) atoms. The molecule has 0 aliphatic carbocycles. The van der Waals surface area contributed by atoms with E-state index in [1.54, 1.807) is 29.4 Å². The summed E-state index contributed by atoms with van der Waals surface area (Å²) in [7, 11) is 0. The molecule has 1 saturated heterocycles. The third-order valence-electron chi connectivity index (χ3n) is 5.90. The van der Waals surface area contributed by atoms with Crippen molar-refractivity contribution in [3.63, 3.8) is 0 Å². The van der Waals surface area contributed by atoms with Crippen molar-refractivity contribution in [3.05, 3.63) is 78.1 Å². The van der Waals surface area contributed by atoms with Crippen molar-refractivity contribution in [3.8, 4) is 17.1 Å². The fraction of sp³-hybridized carbons (Fsp3) is 0.231. The highest BCUT2D eigenvalue weighted by Gasteiger charge is 2.25. The molecule has 174 valence electrons. The number of rotatable bonds is 4. The van der Waals surface area contributed by atoms with E-state index in [4.69, 9.17) is 14.7 Å². The van der Waals surface area contributed by atoms with Gasteiger partial charge in [-0.1, -0.05) is 24.3 Å². The number of piperazine rings is 1. The maximum absolute atomic E-state index is 12.6. The number of aromatic hydroxyl groups is 1. The second kappa shape index (κ2) is 9.35. The number of carbonyl (C=O) groups excluding carboxylic acids is 1. The number of para-hydroxylation sites is 1. The predicted molar refractivity (Wildman–Crippen MR) is 132 cm³/mol. The van der Waals surface area contributed by atoms with E-state index in [-0.39, 0.29) is 19.9 Å². The summed E-state index contributed by atoms with van der Waals surface area (Å²) in [5, 5.41) is 11.3. The van der Waals surface area contributed by atoms with Gasteiger partial charge in [-0.05, 0) is 42.8 Å². The minimum absolute atomic E-state index is 0. The first-order chi connectivity index (χ1) is 16.6. The topological polar surface area (TPSA) is 91.7 Å². The molecule has 0 spiro atoms. The summed E-state index contributed by atoms with van der Waals surface area (Å²) >= 11 is 0. The van der Waals surface area contributed by atoms with Crippen molar-refractivity contribution in [2.75, 3.05) is 31.1 Å². The number of phenolic OH excluding ortho intramolecular Hbond substituents is 1. The van der Waals surface area contributed by atoms with Gasteiger partial charge in [0.2, 0.25) is 0 Å². The number of phenols is 1. The Labute approximate surface area is 199 Å². The molecule has 0 radical (unpaired) electrons. The van der Waals surface area contributed by atoms with Crippen LogP contribution in [0.4, 0.5) is 10.6 Å². The van der Waals surface area contributed by atoms with Crippen molar-refractivity contribution < 1.29 is 16.1 Å². The summed E-state index contributed by atoms with van der Waals surface area (Å²) in [5.41, 5.74) is 3.36. The zero-order valence-electron chi connectivity index (χ0n) is 18.9. The summed E-state index contributed by atoms with van der Waals surface area (Å²) < 4.78 is 5.46. The lowest BCUT2D eigenvalue weighted by Crippen LogP contribution is -2.49. The minimum atomic E-state index is -0.332. The largest absolute Gasteiger partial charge is 0.507 e. The van der Waals surface area contributed by atoms with Crippen LogP contribution in [0.15, 0.2) is 67.0 Å². The first-order valence-corrected chi connectivity index (χ1v) is 11.2. The normalized spacial score (nSPS) is 13.8. The lowest BCUT2D eigenvalue weighted by molar-refractivity contribution is 0.0941. The third-order valence-corrected chi connectivity index (χ3v) is 5.90. The van der Waals surface area contributed by atoms with Crippen LogP contribution in [0.1, 0.15) is 12.6 Å². The van der Waals surface area contributed by atoms with E-state index in [2.05, 4.69) is 9.88 Å². The number of ether oxygens (including phenoxy) is 1. The molecule has 3 heterocycles. The van der Waals surface area contributed by atoms with Crippen LogP contribution in [0.25, 0.3) is 22.3 Å². The van der Waals surface area contributed by atoms with Crippen LogP contribution in [-0.2, 0) is 11.3 Å². The monoisotopic (exact) mass is 457 g/mol. The molecule has 1 amide bonds. The van der Waals surface area contributed by atoms with Crippen LogP contribution in [0.2, 0.25) is 0 Å². The Bertz CT molecular complexity index is 1330.